The van der Waals surface area contributed by atoms with Crippen LogP contribution in [0.5, 0.6) is 0 Å². The Labute approximate surface area is 126 Å². The van der Waals surface area contributed by atoms with E-state index >= 15 is 0 Å². The highest BCUT2D eigenvalue weighted by atomic mass is 16.5. The van der Waals surface area contributed by atoms with Crippen LogP contribution < -0.4 is 5.73 Å². The van der Waals surface area contributed by atoms with E-state index in [1.807, 2.05) is 0 Å². The number of benzene rings is 2. The number of ether oxygens (including phenoxy) is 2. The SMILES string of the molecule is COC(CC1CCC(CN)O1)c1cccc2ccccc12. The van der Waals surface area contributed by atoms with Crippen LogP contribution in [0, 0.1) is 0 Å². The fourth-order valence-electron chi connectivity index (χ4n) is 3.25. The predicted octanol–water partition coefficient (Wildman–Crippen LogP) is 3.42. The third kappa shape index (κ3) is 3.10. The molecule has 0 aliphatic carbocycles. The van der Waals surface area contributed by atoms with Gasteiger partial charge >= 0.3 is 0 Å². The molecule has 0 radical (unpaired) electrons. The van der Waals surface area contributed by atoms with E-state index in [0.717, 1.165) is 19.3 Å². The lowest BCUT2D eigenvalue weighted by atomic mass is 9.96. The number of methoxy groups -OCH3 is 1. The zero-order valence-electron chi connectivity index (χ0n) is 12.5. The monoisotopic (exact) mass is 285 g/mol. The Morgan fingerprint density at radius 3 is 2.67 bits per heavy atom. The second kappa shape index (κ2) is 6.56. The van der Waals surface area contributed by atoms with Crippen molar-refractivity contribution in [3.8, 4) is 0 Å². The third-order valence-electron chi connectivity index (χ3n) is 4.39. The second-order valence-electron chi connectivity index (χ2n) is 5.72. The van der Waals surface area contributed by atoms with Crippen molar-refractivity contribution in [2.75, 3.05) is 13.7 Å². The maximum atomic E-state index is 5.97. The molecule has 1 aliphatic rings. The van der Waals surface area contributed by atoms with E-state index in [0.29, 0.717) is 6.54 Å². The molecule has 2 aromatic rings. The molecule has 1 aliphatic heterocycles. The number of nitrogens with two attached hydrogens (primary N) is 1. The van der Waals surface area contributed by atoms with Crippen molar-refractivity contribution < 1.29 is 9.47 Å². The Kier molecular flexibility index (Phi) is 4.54. The van der Waals surface area contributed by atoms with Crippen LogP contribution in [0.3, 0.4) is 0 Å². The fourth-order valence-corrected chi connectivity index (χ4v) is 3.25. The van der Waals surface area contributed by atoms with Gasteiger partial charge in [0.1, 0.15) is 0 Å². The van der Waals surface area contributed by atoms with Crippen molar-refractivity contribution in [2.24, 2.45) is 5.73 Å². The minimum absolute atomic E-state index is 0.0672. The summed E-state index contributed by atoms with van der Waals surface area (Å²) in [7, 11) is 1.78. The predicted molar refractivity (Wildman–Crippen MR) is 85.3 cm³/mol. The fraction of sp³-hybridized carbons (Fsp3) is 0.444. The smallest absolute Gasteiger partial charge is 0.0851 e. The van der Waals surface area contributed by atoms with Gasteiger partial charge in [0.15, 0.2) is 0 Å². The van der Waals surface area contributed by atoms with Crippen molar-refractivity contribution in [1.82, 2.24) is 0 Å². The first kappa shape index (κ1) is 14.5. The van der Waals surface area contributed by atoms with Crippen LogP contribution in [-0.4, -0.2) is 25.9 Å². The highest BCUT2D eigenvalue weighted by molar-refractivity contribution is 5.85. The summed E-state index contributed by atoms with van der Waals surface area (Å²) in [4.78, 5) is 0. The summed E-state index contributed by atoms with van der Waals surface area (Å²) in [5.74, 6) is 0. The molecule has 1 saturated heterocycles. The lowest BCUT2D eigenvalue weighted by Gasteiger charge is -2.21. The Morgan fingerprint density at radius 1 is 1.14 bits per heavy atom. The van der Waals surface area contributed by atoms with Crippen LogP contribution in [0.2, 0.25) is 0 Å². The summed E-state index contributed by atoms with van der Waals surface area (Å²) in [5, 5.41) is 2.52. The lowest BCUT2D eigenvalue weighted by Crippen LogP contribution is -2.21. The molecular weight excluding hydrogens is 262 g/mol. The summed E-state index contributed by atoms with van der Waals surface area (Å²) in [6.07, 6.45) is 3.57. The van der Waals surface area contributed by atoms with E-state index in [9.17, 15) is 0 Å². The van der Waals surface area contributed by atoms with Gasteiger partial charge in [-0.2, -0.15) is 0 Å². The van der Waals surface area contributed by atoms with Crippen LogP contribution in [-0.2, 0) is 9.47 Å². The average molecular weight is 285 g/mol. The number of fused-ring (bicyclic) bond motifs is 1. The molecule has 0 amide bonds. The van der Waals surface area contributed by atoms with Crippen molar-refractivity contribution in [2.45, 2.75) is 37.6 Å². The van der Waals surface area contributed by atoms with E-state index < -0.39 is 0 Å². The van der Waals surface area contributed by atoms with E-state index in [1.54, 1.807) is 7.11 Å². The normalized spacial score (nSPS) is 23.5. The molecule has 112 valence electrons. The van der Waals surface area contributed by atoms with E-state index in [-0.39, 0.29) is 18.3 Å². The summed E-state index contributed by atoms with van der Waals surface area (Å²) >= 11 is 0. The van der Waals surface area contributed by atoms with E-state index in [1.165, 1.54) is 16.3 Å². The van der Waals surface area contributed by atoms with Crippen LogP contribution in [0.15, 0.2) is 42.5 Å². The molecule has 3 rings (SSSR count). The molecule has 0 spiro atoms. The Bertz CT molecular complexity index is 593. The molecule has 1 fully saturated rings. The maximum Gasteiger partial charge on any atom is 0.0851 e. The summed E-state index contributed by atoms with van der Waals surface area (Å²) in [6.45, 7) is 0.614. The first-order valence-corrected chi connectivity index (χ1v) is 7.67. The van der Waals surface area contributed by atoms with Crippen molar-refractivity contribution in [1.29, 1.82) is 0 Å². The first-order valence-electron chi connectivity index (χ1n) is 7.67. The molecule has 0 bridgehead atoms. The molecule has 0 saturated carbocycles. The number of rotatable bonds is 5. The van der Waals surface area contributed by atoms with Gasteiger partial charge in [0.2, 0.25) is 0 Å². The minimum Gasteiger partial charge on any atom is -0.377 e. The van der Waals surface area contributed by atoms with Crippen LogP contribution in [0.1, 0.15) is 30.9 Å². The van der Waals surface area contributed by atoms with E-state index in [2.05, 4.69) is 42.5 Å². The second-order valence-corrected chi connectivity index (χ2v) is 5.72. The van der Waals surface area contributed by atoms with Gasteiger partial charge in [-0.25, -0.2) is 0 Å². The van der Waals surface area contributed by atoms with Crippen molar-refractivity contribution in [3.63, 3.8) is 0 Å². The molecule has 21 heavy (non-hydrogen) atoms. The summed E-state index contributed by atoms with van der Waals surface area (Å²) < 4.78 is 11.7. The first-order chi connectivity index (χ1) is 10.3. The Balaban J connectivity index is 1.82. The molecule has 1 heterocycles. The van der Waals surface area contributed by atoms with Gasteiger partial charge < -0.3 is 15.2 Å². The van der Waals surface area contributed by atoms with Gasteiger partial charge in [-0.15, -0.1) is 0 Å². The highest BCUT2D eigenvalue weighted by Gasteiger charge is 2.27. The highest BCUT2D eigenvalue weighted by Crippen LogP contribution is 2.33. The number of hydrogen-bond acceptors (Lipinski definition) is 3. The largest absolute Gasteiger partial charge is 0.377 e. The van der Waals surface area contributed by atoms with Gasteiger partial charge in [-0.1, -0.05) is 42.5 Å². The molecule has 0 aromatic heterocycles. The topological polar surface area (TPSA) is 44.5 Å². The van der Waals surface area contributed by atoms with Gasteiger partial charge in [-0.3, -0.25) is 0 Å². The Morgan fingerprint density at radius 2 is 1.90 bits per heavy atom. The van der Waals surface area contributed by atoms with Crippen molar-refractivity contribution in [3.05, 3.63) is 48.0 Å². The Hall–Kier alpha value is -1.42. The maximum absolute atomic E-state index is 5.97. The molecule has 3 heteroatoms. The lowest BCUT2D eigenvalue weighted by molar-refractivity contribution is 0.00182. The molecule has 3 atom stereocenters. The van der Waals surface area contributed by atoms with Crippen molar-refractivity contribution >= 4 is 10.8 Å². The van der Waals surface area contributed by atoms with Crippen LogP contribution >= 0.6 is 0 Å². The van der Waals surface area contributed by atoms with Gasteiger partial charge in [0.25, 0.3) is 0 Å². The molecule has 3 nitrogen and oxygen atoms in total. The molecule has 2 aromatic carbocycles. The van der Waals surface area contributed by atoms with Gasteiger partial charge in [0.05, 0.1) is 18.3 Å². The molecular formula is C18H23NO2. The standard InChI is InChI=1S/C18H23NO2/c1-20-18(11-14-9-10-15(12-19)21-14)17-8-4-6-13-5-2-3-7-16(13)17/h2-8,14-15,18H,9-12,19H2,1H3. The van der Waals surface area contributed by atoms with Gasteiger partial charge in [0, 0.05) is 20.1 Å². The zero-order chi connectivity index (χ0) is 14.7. The summed E-state index contributed by atoms with van der Waals surface area (Å²) in [5.41, 5.74) is 6.93. The third-order valence-corrected chi connectivity index (χ3v) is 4.39. The van der Waals surface area contributed by atoms with Gasteiger partial charge in [-0.05, 0) is 29.2 Å². The molecule has 3 unspecified atom stereocenters. The van der Waals surface area contributed by atoms with E-state index in [4.69, 9.17) is 15.2 Å². The quantitative estimate of drug-likeness (QED) is 0.915. The summed E-state index contributed by atoms with van der Waals surface area (Å²) in [6, 6.07) is 14.8. The van der Waals surface area contributed by atoms with Crippen LogP contribution in [0.25, 0.3) is 10.8 Å². The van der Waals surface area contributed by atoms with Crippen LogP contribution in [0.4, 0.5) is 0 Å². The average Bonchev–Trinajstić information content (AvgIpc) is 3.00. The molecule has 2 N–H and O–H groups in total. The zero-order valence-corrected chi connectivity index (χ0v) is 12.5. The minimum atomic E-state index is 0.0672. The number of hydrogen-bond donors (Lipinski definition) is 1.